The van der Waals surface area contributed by atoms with Crippen LogP contribution in [0.15, 0.2) is 84.7 Å². The van der Waals surface area contributed by atoms with E-state index in [1.165, 1.54) is 5.57 Å². The van der Waals surface area contributed by atoms with Gasteiger partial charge in [-0.2, -0.15) is 0 Å². The third kappa shape index (κ3) is 5.57. The lowest BCUT2D eigenvalue weighted by Crippen LogP contribution is -1.97. The van der Waals surface area contributed by atoms with Crippen molar-refractivity contribution in [2.75, 3.05) is 0 Å². The fraction of sp³-hybridized carbons (Fsp3) is 0.125. The summed E-state index contributed by atoms with van der Waals surface area (Å²) in [4.78, 5) is 0. The summed E-state index contributed by atoms with van der Waals surface area (Å²) in [6, 6.07) is 0. The smallest absolute Gasteiger partial charge is 0.0314 e. The van der Waals surface area contributed by atoms with Gasteiger partial charge in [0.25, 0.3) is 0 Å². The summed E-state index contributed by atoms with van der Waals surface area (Å²) in [6.07, 6.45) is 9.22. The maximum Gasteiger partial charge on any atom is 0.0314 e. The molecule has 0 unspecified atom stereocenters. The summed E-state index contributed by atoms with van der Waals surface area (Å²) in [7, 11) is 0. The molecule has 0 aromatic heterocycles. The molecule has 0 aromatic carbocycles. The minimum atomic E-state index is 0.483. The van der Waals surface area contributed by atoms with Gasteiger partial charge in [0.15, 0.2) is 0 Å². The number of allylic oxidation sites excluding steroid dienone is 8. The van der Waals surface area contributed by atoms with E-state index in [0.29, 0.717) is 5.70 Å². The highest BCUT2D eigenvalue weighted by molar-refractivity contribution is 5.52. The van der Waals surface area contributed by atoms with Crippen molar-refractivity contribution in [3.63, 3.8) is 0 Å². The quantitative estimate of drug-likeness (QED) is 0.676. The molecule has 0 amide bonds. The first-order valence-electron chi connectivity index (χ1n) is 5.38. The van der Waals surface area contributed by atoms with Crippen LogP contribution in [0, 0.1) is 0 Å². The first kappa shape index (κ1) is 15.0. The number of hydrogen-bond acceptors (Lipinski definition) is 1. The van der Waals surface area contributed by atoms with Crippen molar-refractivity contribution in [1.82, 2.24) is 0 Å². The van der Waals surface area contributed by atoms with Crippen LogP contribution in [0.2, 0.25) is 0 Å². The van der Waals surface area contributed by atoms with Crippen LogP contribution in [-0.2, 0) is 0 Å². The maximum atomic E-state index is 5.64. The van der Waals surface area contributed by atoms with Crippen LogP contribution in [0.25, 0.3) is 0 Å². The lowest BCUT2D eigenvalue weighted by Gasteiger charge is -2.05. The molecule has 0 saturated heterocycles. The average molecular weight is 227 g/mol. The number of rotatable bonds is 6. The largest absolute Gasteiger partial charge is 0.399 e. The summed E-state index contributed by atoms with van der Waals surface area (Å²) >= 11 is 0. The van der Waals surface area contributed by atoms with Gasteiger partial charge in [0.1, 0.15) is 0 Å². The van der Waals surface area contributed by atoms with E-state index in [0.717, 1.165) is 16.7 Å². The van der Waals surface area contributed by atoms with Gasteiger partial charge in [0.05, 0.1) is 0 Å². The molecule has 0 aliphatic heterocycles. The van der Waals surface area contributed by atoms with E-state index in [1.54, 1.807) is 12.2 Å². The Morgan fingerprint density at radius 2 is 1.59 bits per heavy atom. The van der Waals surface area contributed by atoms with Gasteiger partial charge in [-0.15, -0.1) is 0 Å². The van der Waals surface area contributed by atoms with Crippen LogP contribution in [0.5, 0.6) is 0 Å². The molecule has 0 spiro atoms. The summed E-state index contributed by atoms with van der Waals surface area (Å²) < 4.78 is 0. The van der Waals surface area contributed by atoms with Crippen molar-refractivity contribution in [2.24, 2.45) is 5.73 Å². The van der Waals surface area contributed by atoms with E-state index >= 15 is 0 Å². The second kappa shape index (κ2) is 7.29. The number of nitrogens with two attached hydrogens (primary N) is 1. The molecule has 0 rings (SSSR count). The van der Waals surface area contributed by atoms with Crippen LogP contribution in [0.3, 0.4) is 0 Å². The highest BCUT2D eigenvalue weighted by atomic mass is 14.6. The van der Waals surface area contributed by atoms with Crippen molar-refractivity contribution in [3.8, 4) is 0 Å². The lowest BCUT2D eigenvalue weighted by molar-refractivity contribution is 1.34. The molecule has 0 heterocycles. The zero-order chi connectivity index (χ0) is 13.4. The summed E-state index contributed by atoms with van der Waals surface area (Å²) in [5, 5.41) is 0. The van der Waals surface area contributed by atoms with E-state index in [1.807, 2.05) is 32.1 Å². The van der Waals surface area contributed by atoms with Crippen molar-refractivity contribution in [3.05, 3.63) is 84.7 Å². The number of hydrogen-bond donors (Lipinski definition) is 1. The lowest BCUT2D eigenvalue weighted by atomic mass is 10.0. The topological polar surface area (TPSA) is 26.0 Å². The molecule has 0 aromatic rings. The molecule has 0 aliphatic rings. The van der Waals surface area contributed by atoms with E-state index in [9.17, 15) is 0 Å². The first-order valence-corrected chi connectivity index (χ1v) is 5.38. The summed E-state index contributed by atoms with van der Waals surface area (Å²) in [5.41, 5.74) is 9.96. The van der Waals surface area contributed by atoms with Crippen molar-refractivity contribution >= 4 is 0 Å². The van der Waals surface area contributed by atoms with Gasteiger partial charge in [-0.3, -0.25) is 0 Å². The SMILES string of the molecule is C=C/C=C(\C=C(C)C)C(=C)/C=C(\C=C)C(=C)N. The second-order valence-electron chi connectivity index (χ2n) is 3.93. The van der Waals surface area contributed by atoms with Gasteiger partial charge >= 0.3 is 0 Å². The molecule has 17 heavy (non-hydrogen) atoms. The van der Waals surface area contributed by atoms with Gasteiger partial charge in [-0.05, 0) is 36.6 Å². The Bertz CT molecular complexity index is 424. The molecule has 2 N–H and O–H groups in total. The normalized spacial score (nSPS) is 11.6. The van der Waals surface area contributed by atoms with Crippen LogP contribution in [-0.4, -0.2) is 0 Å². The van der Waals surface area contributed by atoms with Crippen LogP contribution in [0.1, 0.15) is 13.8 Å². The standard InChI is InChI=1S/C16H21N/c1-7-9-16(10-12(3)4)13(5)11-15(8-2)14(6)17/h7-11H,1-2,5-6,17H2,3-4H3/b15-11+,16-9+. The van der Waals surface area contributed by atoms with E-state index in [2.05, 4.69) is 26.3 Å². The minimum absolute atomic E-state index is 0.483. The van der Waals surface area contributed by atoms with Crippen molar-refractivity contribution in [1.29, 1.82) is 0 Å². The Hall–Kier alpha value is -2.02. The van der Waals surface area contributed by atoms with Crippen molar-refractivity contribution in [2.45, 2.75) is 13.8 Å². The van der Waals surface area contributed by atoms with Gasteiger partial charge < -0.3 is 5.73 Å². The molecule has 0 fully saturated rings. The Labute approximate surface area is 105 Å². The van der Waals surface area contributed by atoms with E-state index < -0.39 is 0 Å². The molecule has 90 valence electrons. The summed E-state index contributed by atoms with van der Waals surface area (Å²) in [5.74, 6) is 0. The molecule has 1 nitrogen and oxygen atoms in total. The van der Waals surface area contributed by atoms with Crippen LogP contribution < -0.4 is 5.73 Å². The molecule has 0 radical (unpaired) electrons. The van der Waals surface area contributed by atoms with Gasteiger partial charge in [-0.25, -0.2) is 0 Å². The van der Waals surface area contributed by atoms with Crippen LogP contribution in [0.4, 0.5) is 0 Å². The Balaban J connectivity index is 5.33. The fourth-order valence-corrected chi connectivity index (χ4v) is 1.24. The first-order chi connectivity index (χ1) is 7.92. The summed E-state index contributed by atoms with van der Waals surface area (Å²) in [6.45, 7) is 19.2. The van der Waals surface area contributed by atoms with Crippen LogP contribution >= 0.6 is 0 Å². The van der Waals surface area contributed by atoms with Crippen molar-refractivity contribution < 1.29 is 0 Å². The Morgan fingerprint density at radius 3 is 1.94 bits per heavy atom. The zero-order valence-electron chi connectivity index (χ0n) is 10.8. The molecule has 0 bridgehead atoms. The van der Waals surface area contributed by atoms with Gasteiger partial charge in [-0.1, -0.05) is 56.2 Å². The fourth-order valence-electron chi connectivity index (χ4n) is 1.24. The molecule has 0 aliphatic carbocycles. The Kier molecular flexibility index (Phi) is 6.42. The molecular formula is C16H21N. The molecule has 0 atom stereocenters. The predicted octanol–water partition coefficient (Wildman–Crippen LogP) is 4.21. The van der Waals surface area contributed by atoms with Gasteiger partial charge in [0.2, 0.25) is 0 Å². The monoisotopic (exact) mass is 227 g/mol. The van der Waals surface area contributed by atoms with E-state index in [-0.39, 0.29) is 0 Å². The molecular weight excluding hydrogens is 206 g/mol. The highest BCUT2D eigenvalue weighted by Crippen LogP contribution is 2.17. The molecule has 1 heteroatoms. The average Bonchev–Trinajstić information content (AvgIpc) is 2.23. The highest BCUT2D eigenvalue weighted by Gasteiger charge is 1.99. The van der Waals surface area contributed by atoms with E-state index in [4.69, 9.17) is 5.73 Å². The Morgan fingerprint density at radius 1 is 1.00 bits per heavy atom. The zero-order valence-corrected chi connectivity index (χ0v) is 10.8. The minimum Gasteiger partial charge on any atom is -0.399 e. The maximum absolute atomic E-state index is 5.64. The third-order valence-corrected chi connectivity index (χ3v) is 2.03. The molecule has 0 saturated carbocycles. The van der Waals surface area contributed by atoms with Gasteiger partial charge in [0, 0.05) is 5.70 Å². The third-order valence-electron chi connectivity index (χ3n) is 2.03. The second-order valence-corrected chi connectivity index (χ2v) is 3.93. The predicted molar refractivity (Wildman–Crippen MR) is 78.5 cm³/mol.